The fourth-order valence-corrected chi connectivity index (χ4v) is 3.78. The predicted octanol–water partition coefficient (Wildman–Crippen LogP) is 1.50. The molecule has 0 saturated carbocycles. The smallest absolute Gasteiger partial charge is 0.395 e. The fourth-order valence-electron chi connectivity index (χ4n) is 2.40. The first-order valence-electron chi connectivity index (χ1n) is 6.47. The normalized spacial score (nSPS) is 23.2. The van der Waals surface area contributed by atoms with Crippen LogP contribution in [0.15, 0.2) is 18.2 Å². The molecule has 0 spiro atoms. The van der Waals surface area contributed by atoms with Crippen molar-refractivity contribution >= 4 is 15.7 Å². The molecule has 1 aromatic rings. The average molecular weight is 320 g/mol. The van der Waals surface area contributed by atoms with E-state index >= 15 is 0 Å². The SMILES string of the molecule is O=S(=O)(CC1CCCN1)Nc1ccc2c(c1)OC(F)(F)O2. The lowest BCUT2D eigenvalue weighted by Crippen LogP contribution is -2.32. The molecule has 9 heteroatoms. The Morgan fingerprint density at radius 1 is 1.33 bits per heavy atom. The second-order valence-electron chi connectivity index (χ2n) is 5.01. The zero-order chi connectivity index (χ0) is 15.1. The molecule has 1 atom stereocenters. The molecule has 1 fully saturated rings. The summed E-state index contributed by atoms with van der Waals surface area (Å²) in [5.41, 5.74) is 0.160. The summed E-state index contributed by atoms with van der Waals surface area (Å²) in [5, 5.41) is 3.09. The lowest BCUT2D eigenvalue weighted by atomic mass is 10.3. The molecule has 2 N–H and O–H groups in total. The molecule has 0 bridgehead atoms. The van der Waals surface area contributed by atoms with Crippen LogP contribution in [-0.2, 0) is 10.0 Å². The third-order valence-corrected chi connectivity index (χ3v) is 4.65. The summed E-state index contributed by atoms with van der Waals surface area (Å²) in [5.74, 6) is -0.378. The van der Waals surface area contributed by atoms with Crippen molar-refractivity contribution in [2.75, 3.05) is 17.0 Å². The topological polar surface area (TPSA) is 76.7 Å². The molecule has 21 heavy (non-hydrogen) atoms. The van der Waals surface area contributed by atoms with Crippen LogP contribution in [0.25, 0.3) is 0 Å². The highest BCUT2D eigenvalue weighted by Gasteiger charge is 2.43. The van der Waals surface area contributed by atoms with Crippen molar-refractivity contribution in [3.63, 3.8) is 0 Å². The minimum atomic E-state index is -3.71. The Hall–Kier alpha value is -1.61. The second-order valence-corrected chi connectivity index (χ2v) is 6.77. The van der Waals surface area contributed by atoms with E-state index in [2.05, 4.69) is 19.5 Å². The Kier molecular flexibility index (Phi) is 3.40. The van der Waals surface area contributed by atoms with Gasteiger partial charge in [0.25, 0.3) is 0 Å². The highest BCUT2D eigenvalue weighted by Crippen LogP contribution is 2.42. The van der Waals surface area contributed by atoms with Gasteiger partial charge in [-0.3, -0.25) is 4.72 Å². The zero-order valence-electron chi connectivity index (χ0n) is 10.9. The monoisotopic (exact) mass is 320 g/mol. The maximum Gasteiger partial charge on any atom is 0.586 e. The van der Waals surface area contributed by atoms with E-state index in [4.69, 9.17) is 0 Å². The van der Waals surface area contributed by atoms with Gasteiger partial charge in [0.1, 0.15) is 0 Å². The van der Waals surface area contributed by atoms with E-state index in [1.54, 1.807) is 0 Å². The molecule has 1 saturated heterocycles. The molecule has 1 aromatic carbocycles. The molecule has 0 amide bonds. The highest BCUT2D eigenvalue weighted by molar-refractivity contribution is 7.92. The standard InChI is InChI=1S/C12H14F2N2O4S/c13-12(14)19-10-4-3-8(6-11(10)20-12)16-21(17,18)7-9-2-1-5-15-9/h3-4,6,9,15-16H,1-2,5,7H2. The first-order valence-corrected chi connectivity index (χ1v) is 8.12. The summed E-state index contributed by atoms with van der Waals surface area (Å²) in [7, 11) is -3.56. The van der Waals surface area contributed by atoms with E-state index in [0.29, 0.717) is 0 Å². The molecule has 1 unspecified atom stereocenters. The van der Waals surface area contributed by atoms with Gasteiger partial charge in [0.05, 0.1) is 11.4 Å². The number of hydrogen-bond donors (Lipinski definition) is 2. The summed E-state index contributed by atoms with van der Waals surface area (Å²) >= 11 is 0. The number of rotatable bonds is 4. The summed E-state index contributed by atoms with van der Waals surface area (Å²) in [6.45, 7) is 0.805. The van der Waals surface area contributed by atoms with E-state index in [0.717, 1.165) is 19.4 Å². The third kappa shape index (κ3) is 3.35. The molecule has 6 nitrogen and oxygen atoms in total. The number of alkyl halides is 2. The van der Waals surface area contributed by atoms with Crippen LogP contribution >= 0.6 is 0 Å². The van der Waals surface area contributed by atoms with Gasteiger partial charge in [0.15, 0.2) is 11.5 Å². The van der Waals surface area contributed by atoms with Crippen molar-refractivity contribution in [3.05, 3.63) is 18.2 Å². The van der Waals surface area contributed by atoms with Crippen LogP contribution in [0, 0.1) is 0 Å². The van der Waals surface area contributed by atoms with Crippen LogP contribution in [0.2, 0.25) is 0 Å². The van der Waals surface area contributed by atoms with E-state index in [1.807, 2.05) is 0 Å². The minimum absolute atomic E-state index is 0.0579. The quantitative estimate of drug-likeness (QED) is 0.879. The van der Waals surface area contributed by atoms with E-state index in [-0.39, 0.29) is 29.0 Å². The summed E-state index contributed by atoms with van der Waals surface area (Å²) in [6, 6.07) is 3.68. The van der Waals surface area contributed by atoms with Crippen LogP contribution in [0.5, 0.6) is 11.5 Å². The van der Waals surface area contributed by atoms with Crippen LogP contribution < -0.4 is 19.5 Å². The van der Waals surface area contributed by atoms with Crippen molar-refractivity contribution in [2.24, 2.45) is 0 Å². The van der Waals surface area contributed by atoms with E-state index in [1.165, 1.54) is 18.2 Å². The summed E-state index contributed by atoms with van der Waals surface area (Å²) in [6.07, 6.45) is -1.97. The van der Waals surface area contributed by atoms with Crippen LogP contribution in [-0.4, -0.2) is 33.1 Å². The molecule has 0 aromatic heterocycles. The maximum atomic E-state index is 12.9. The summed E-state index contributed by atoms with van der Waals surface area (Å²) in [4.78, 5) is 0. The first-order chi connectivity index (χ1) is 9.83. The Morgan fingerprint density at radius 3 is 2.81 bits per heavy atom. The average Bonchev–Trinajstić information content (AvgIpc) is 2.93. The lowest BCUT2D eigenvalue weighted by molar-refractivity contribution is -0.286. The number of benzene rings is 1. The number of nitrogens with one attached hydrogen (secondary N) is 2. The first kappa shape index (κ1) is 14.3. The van der Waals surface area contributed by atoms with Gasteiger partial charge >= 0.3 is 6.29 Å². The molecule has 2 aliphatic rings. The van der Waals surface area contributed by atoms with Crippen molar-refractivity contribution < 1.29 is 26.7 Å². The van der Waals surface area contributed by atoms with Crippen molar-refractivity contribution in [1.82, 2.24) is 5.32 Å². The highest BCUT2D eigenvalue weighted by atomic mass is 32.2. The predicted molar refractivity (Wildman–Crippen MR) is 71.1 cm³/mol. The molecule has 3 rings (SSSR count). The van der Waals surface area contributed by atoms with Gasteiger partial charge < -0.3 is 14.8 Å². The van der Waals surface area contributed by atoms with Gasteiger partial charge in [-0.25, -0.2) is 8.42 Å². The Bertz CT molecular complexity index is 645. The lowest BCUT2D eigenvalue weighted by Gasteiger charge is -2.12. The Labute approximate surface area is 120 Å². The minimum Gasteiger partial charge on any atom is -0.395 e. The molecule has 2 aliphatic heterocycles. The van der Waals surface area contributed by atoms with Gasteiger partial charge in [-0.1, -0.05) is 0 Å². The van der Waals surface area contributed by atoms with Gasteiger partial charge in [-0.2, -0.15) is 0 Å². The number of hydrogen-bond acceptors (Lipinski definition) is 5. The van der Waals surface area contributed by atoms with Gasteiger partial charge in [-0.05, 0) is 31.5 Å². The molecular formula is C12H14F2N2O4S. The van der Waals surface area contributed by atoms with Crippen LogP contribution in [0.3, 0.4) is 0 Å². The van der Waals surface area contributed by atoms with Crippen LogP contribution in [0.1, 0.15) is 12.8 Å². The van der Waals surface area contributed by atoms with E-state index < -0.39 is 16.3 Å². The van der Waals surface area contributed by atoms with Crippen molar-refractivity contribution in [1.29, 1.82) is 0 Å². The number of sulfonamides is 1. The molecular weight excluding hydrogens is 306 g/mol. The summed E-state index contributed by atoms with van der Waals surface area (Å²) < 4.78 is 60.7. The van der Waals surface area contributed by atoms with Gasteiger partial charge in [0.2, 0.25) is 10.0 Å². The Morgan fingerprint density at radius 2 is 2.10 bits per heavy atom. The molecule has 2 heterocycles. The number of fused-ring (bicyclic) bond motifs is 1. The maximum absolute atomic E-state index is 12.9. The largest absolute Gasteiger partial charge is 0.586 e. The zero-order valence-corrected chi connectivity index (χ0v) is 11.8. The van der Waals surface area contributed by atoms with Crippen LogP contribution in [0.4, 0.5) is 14.5 Å². The van der Waals surface area contributed by atoms with Gasteiger partial charge in [0, 0.05) is 12.1 Å². The van der Waals surface area contributed by atoms with Crippen molar-refractivity contribution in [2.45, 2.75) is 25.2 Å². The second kappa shape index (κ2) is 4.99. The van der Waals surface area contributed by atoms with Crippen molar-refractivity contribution in [3.8, 4) is 11.5 Å². The molecule has 0 radical (unpaired) electrons. The van der Waals surface area contributed by atoms with Gasteiger partial charge in [-0.15, -0.1) is 8.78 Å². The molecule has 0 aliphatic carbocycles. The number of ether oxygens (including phenoxy) is 2. The number of anilines is 1. The Balaban J connectivity index is 1.71. The number of halogens is 2. The third-order valence-electron chi connectivity index (χ3n) is 3.26. The fraction of sp³-hybridized carbons (Fsp3) is 0.500. The molecule has 116 valence electrons. The van der Waals surface area contributed by atoms with E-state index in [9.17, 15) is 17.2 Å².